The van der Waals surface area contributed by atoms with Gasteiger partial charge in [0.05, 0.1) is 0 Å². The van der Waals surface area contributed by atoms with Crippen LogP contribution >= 0.6 is 0 Å². The molecule has 0 atom stereocenters. The lowest BCUT2D eigenvalue weighted by Crippen LogP contribution is -2.24. The van der Waals surface area contributed by atoms with Crippen LogP contribution in [0.5, 0.6) is 0 Å². The molecule has 0 spiro atoms. The first-order valence-corrected chi connectivity index (χ1v) is 7.75. The second kappa shape index (κ2) is 10.2. The monoisotopic (exact) mass is 302 g/mol. The van der Waals surface area contributed by atoms with Gasteiger partial charge in [0.2, 0.25) is 0 Å². The van der Waals surface area contributed by atoms with Crippen molar-refractivity contribution in [3.63, 3.8) is 0 Å². The van der Waals surface area contributed by atoms with E-state index in [1.807, 2.05) is 6.92 Å². The summed E-state index contributed by atoms with van der Waals surface area (Å²) in [4.78, 5) is 4.03. The van der Waals surface area contributed by atoms with Crippen molar-refractivity contribution in [1.82, 2.24) is 5.32 Å². The Labute approximate surface area is 136 Å². The van der Waals surface area contributed by atoms with E-state index in [0.717, 1.165) is 36.2 Å². The van der Waals surface area contributed by atoms with Crippen LogP contribution in [0, 0.1) is 11.3 Å². The first-order chi connectivity index (χ1) is 10.2. The van der Waals surface area contributed by atoms with E-state index in [1.165, 1.54) is 0 Å². The lowest BCUT2D eigenvalue weighted by molar-refractivity contribution is 0.552. The summed E-state index contributed by atoms with van der Waals surface area (Å²) in [5.74, 6) is 1.03. The number of aliphatic imine (C=N–C) groups is 1. The van der Waals surface area contributed by atoms with Gasteiger partial charge in [0.1, 0.15) is 5.84 Å². The van der Waals surface area contributed by atoms with Crippen LogP contribution in [0.15, 0.2) is 40.4 Å². The summed E-state index contributed by atoms with van der Waals surface area (Å²) in [6, 6.07) is 0. The van der Waals surface area contributed by atoms with E-state index in [2.05, 4.69) is 37.3 Å². The first kappa shape index (κ1) is 20.4. The summed E-state index contributed by atoms with van der Waals surface area (Å²) in [6.45, 7) is 16.4. The quantitative estimate of drug-likeness (QED) is 0.144. The molecule has 0 aromatic rings. The van der Waals surface area contributed by atoms with Gasteiger partial charge in [-0.2, -0.15) is 0 Å². The molecule has 0 bridgehead atoms. The summed E-state index contributed by atoms with van der Waals surface area (Å²) >= 11 is 0. The minimum absolute atomic E-state index is 0.385. The highest BCUT2D eigenvalue weighted by molar-refractivity contribution is 6.67. The number of allylic oxidation sites excluding steroid dienone is 2. The van der Waals surface area contributed by atoms with Crippen LogP contribution in [0.1, 0.15) is 33.6 Å². The summed E-state index contributed by atoms with van der Waals surface area (Å²) in [7, 11) is 3.36. The molecular weight excluding hydrogens is 271 g/mol. The van der Waals surface area contributed by atoms with E-state index in [-0.39, 0.29) is 0 Å². The fourth-order valence-corrected chi connectivity index (χ4v) is 2.13. The van der Waals surface area contributed by atoms with Crippen molar-refractivity contribution in [1.29, 1.82) is 5.41 Å². The van der Waals surface area contributed by atoms with Crippen molar-refractivity contribution < 1.29 is 0 Å². The van der Waals surface area contributed by atoms with Crippen LogP contribution in [0.4, 0.5) is 0 Å². The van der Waals surface area contributed by atoms with Gasteiger partial charge in [-0.3, -0.25) is 4.99 Å². The van der Waals surface area contributed by atoms with Gasteiger partial charge in [0.15, 0.2) is 7.85 Å². The maximum Gasteiger partial charge on any atom is 0.163 e. The molecule has 0 heterocycles. The molecule has 0 radical (unpaired) electrons. The molecule has 0 aromatic heterocycles. The van der Waals surface area contributed by atoms with Crippen LogP contribution in [0.2, 0.25) is 0 Å². The lowest BCUT2D eigenvalue weighted by Gasteiger charge is -2.17. The standard InChI is InChI=1S/C17H31BN4/c1-11(2)10-22-8-7-13(5)9-14(12(3)4)15(16(18)19)17(20)21-6/h11,19,22H,3,5,7-10,18H2,1-2,4,6H3,(H2,20,21)/b15-14-,19-16?. The molecule has 4 nitrogen and oxygen atoms in total. The highest BCUT2D eigenvalue weighted by atomic mass is 14.8. The zero-order chi connectivity index (χ0) is 17.3. The van der Waals surface area contributed by atoms with Crippen molar-refractivity contribution in [2.75, 3.05) is 20.1 Å². The Morgan fingerprint density at radius 3 is 2.36 bits per heavy atom. The Hall–Kier alpha value is -1.62. The number of rotatable bonds is 10. The summed E-state index contributed by atoms with van der Waals surface area (Å²) < 4.78 is 0. The number of amidine groups is 1. The van der Waals surface area contributed by atoms with Crippen LogP contribution < -0.4 is 11.1 Å². The smallest absolute Gasteiger partial charge is 0.163 e. The van der Waals surface area contributed by atoms with E-state index in [4.69, 9.17) is 11.1 Å². The highest BCUT2D eigenvalue weighted by Gasteiger charge is 2.14. The summed E-state index contributed by atoms with van der Waals surface area (Å²) in [6.07, 6.45) is 1.58. The molecule has 0 saturated carbocycles. The van der Waals surface area contributed by atoms with E-state index in [1.54, 1.807) is 14.9 Å². The molecule has 0 aromatic carbocycles. The molecule has 0 amide bonds. The van der Waals surface area contributed by atoms with Crippen molar-refractivity contribution >= 4 is 19.3 Å². The van der Waals surface area contributed by atoms with Crippen LogP contribution in [-0.4, -0.2) is 39.4 Å². The molecule has 0 unspecified atom stereocenters. The Bertz CT molecular complexity index is 487. The van der Waals surface area contributed by atoms with Gasteiger partial charge < -0.3 is 16.5 Å². The second-order valence-corrected chi connectivity index (χ2v) is 6.14. The third-order valence-corrected chi connectivity index (χ3v) is 3.32. The number of hydrogen-bond donors (Lipinski definition) is 3. The average Bonchev–Trinajstić information content (AvgIpc) is 2.41. The molecule has 122 valence electrons. The van der Waals surface area contributed by atoms with E-state index in [0.29, 0.717) is 29.4 Å². The number of nitrogens with one attached hydrogen (secondary N) is 2. The van der Waals surface area contributed by atoms with Crippen molar-refractivity contribution in [3.8, 4) is 0 Å². The van der Waals surface area contributed by atoms with E-state index < -0.39 is 0 Å². The number of hydrogen-bond acceptors (Lipinski definition) is 3. The van der Waals surface area contributed by atoms with Gasteiger partial charge in [0, 0.05) is 12.6 Å². The molecule has 0 saturated heterocycles. The van der Waals surface area contributed by atoms with Gasteiger partial charge in [-0.05, 0) is 50.0 Å². The fraction of sp³-hybridized carbons (Fsp3) is 0.529. The maximum absolute atomic E-state index is 7.97. The first-order valence-electron chi connectivity index (χ1n) is 7.75. The molecule has 4 N–H and O–H groups in total. The Morgan fingerprint density at radius 1 is 1.36 bits per heavy atom. The van der Waals surface area contributed by atoms with Crippen LogP contribution in [-0.2, 0) is 0 Å². The lowest BCUT2D eigenvalue weighted by atomic mass is 9.84. The average molecular weight is 302 g/mol. The zero-order valence-corrected chi connectivity index (χ0v) is 14.8. The van der Waals surface area contributed by atoms with E-state index in [9.17, 15) is 0 Å². The number of nitrogens with two attached hydrogens (primary N) is 1. The topological polar surface area (TPSA) is 74.3 Å². The third-order valence-electron chi connectivity index (χ3n) is 3.32. The van der Waals surface area contributed by atoms with Crippen molar-refractivity contribution in [3.05, 3.63) is 35.5 Å². The molecule has 0 fully saturated rings. The van der Waals surface area contributed by atoms with Crippen molar-refractivity contribution in [2.24, 2.45) is 16.6 Å². The molecule has 22 heavy (non-hydrogen) atoms. The number of nitrogens with zero attached hydrogens (tertiary/aromatic N) is 1. The largest absolute Gasteiger partial charge is 0.383 e. The van der Waals surface area contributed by atoms with Gasteiger partial charge in [-0.25, -0.2) is 0 Å². The van der Waals surface area contributed by atoms with Crippen molar-refractivity contribution in [2.45, 2.75) is 33.6 Å². The van der Waals surface area contributed by atoms with E-state index >= 15 is 0 Å². The van der Waals surface area contributed by atoms with Gasteiger partial charge in [-0.15, -0.1) is 0 Å². The highest BCUT2D eigenvalue weighted by Crippen LogP contribution is 2.23. The Morgan fingerprint density at radius 2 is 1.95 bits per heavy atom. The molecule has 0 rings (SSSR count). The Kier molecular flexibility index (Phi) is 9.42. The van der Waals surface area contributed by atoms with Crippen LogP contribution in [0.3, 0.4) is 0 Å². The maximum atomic E-state index is 7.97. The minimum atomic E-state index is 0.385. The molecule has 0 aliphatic heterocycles. The predicted octanol–water partition coefficient (Wildman–Crippen LogP) is 2.04. The summed E-state index contributed by atoms with van der Waals surface area (Å²) in [5.41, 5.74) is 10.0. The normalized spacial score (nSPS) is 13.0. The second-order valence-electron chi connectivity index (χ2n) is 6.14. The molecule has 0 aliphatic carbocycles. The third kappa shape index (κ3) is 7.41. The molecule has 0 aliphatic rings. The molecule has 5 heteroatoms. The minimum Gasteiger partial charge on any atom is -0.383 e. The zero-order valence-electron chi connectivity index (χ0n) is 14.8. The van der Waals surface area contributed by atoms with Gasteiger partial charge >= 0.3 is 0 Å². The Balaban J connectivity index is 5.01. The summed E-state index contributed by atoms with van der Waals surface area (Å²) in [5, 5.41) is 11.4. The predicted molar refractivity (Wildman–Crippen MR) is 102 cm³/mol. The molecular formula is C17H31BN4. The van der Waals surface area contributed by atoms with Gasteiger partial charge in [-0.1, -0.05) is 38.2 Å². The van der Waals surface area contributed by atoms with Gasteiger partial charge in [0.25, 0.3) is 0 Å². The fourth-order valence-electron chi connectivity index (χ4n) is 2.13. The van der Waals surface area contributed by atoms with Crippen LogP contribution in [0.25, 0.3) is 0 Å². The SMILES string of the molecule is BC(=N)C(=C(\CC(=C)CCNCC(C)C)C(=C)C)/C(N)=N\C.